The second-order valence-electron chi connectivity index (χ2n) is 5.71. The number of nitrogens with zero attached hydrogens (tertiary/aromatic N) is 1. The Morgan fingerprint density at radius 1 is 1.43 bits per heavy atom. The van der Waals surface area contributed by atoms with Crippen LogP contribution in [-0.2, 0) is 6.42 Å². The molecule has 1 aromatic carbocycles. The third kappa shape index (κ3) is 3.33. The van der Waals surface area contributed by atoms with E-state index in [2.05, 4.69) is 37.8 Å². The minimum atomic E-state index is 0.176. The van der Waals surface area contributed by atoms with Crippen LogP contribution in [0.25, 0.3) is 0 Å². The Bertz CT molecular complexity index is 476. The Morgan fingerprint density at radius 2 is 2.19 bits per heavy atom. The van der Waals surface area contributed by atoms with Crippen LogP contribution in [0.4, 0.5) is 0 Å². The largest absolute Gasteiger partial charge is 0.496 e. The van der Waals surface area contributed by atoms with E-state index in [1.165, 1.54) is 5.56 Å². The Labute approximate surface area is 128 Å². The summed E-state index contributed by atoms with van der Waals surface area (Å²) in [5.41, 5.74) is 8.45. The highest BCUT2D eigenvalue weighted by atomic mass is 16.5. The number of fused-ring (bicyclic) bond motifs is 1. The van der Waals surface area contributed by atoms with Crippen LogP contribution in [0.15, 0.2) is 12.1 Å². The number of rotatable bonds is 7. The molecule has 1 aliphatic rings. The number of hydrogen-bond donors (Lipinski definition) is 1. The van der Waals surface area contributed by atoms with Gasteiger partial charge in [-0.05, 0) is 38.6 Å². The second-order valence-corrected chi connectivity index (χ2v) is 5.71. The highest BCUT2D eigenvalue weighted by molar-refractivity contribution is 5.50. The van der Waals surface area contributed by atoms with E-state index < -0.39 is 0 Å². The molecule has 2 atom stereocenters. The molecular weight excluding hydrogens is 264 g/mol. The lowest BCUT2D eigenvalue weighted by Crippen LogP contribution is -2.34. The Kier molecular flexibility index (Phi) is 5.48. The van der Waals surface area contributed by atoms with Gasteiger partial charge in [0, 0.05) is 24.1 Å². The van der Waals surface area contributed by atoms with Crippen LogP contribution in [-0.4, -0.2) is 37.7 Å². The van der Waals surface area contributed by atoms with Gasteiger partial charge in [0.1, 0.15) is 17.6 Å². The van der Waals surface area contributed by atoms with Crippen LogP contribution in [0.3, 0.4) is 0 Å². The fourth-order valence-electron chi connectivity index (χ4n) is 3.19. The van der Waals surface area contributed by atoms with Crippen LogP contribution in [0.1, 0.15) is 44.4 Å². The van der Waals surface area contributed by atoms with E-state index in [9.17, 15) is 0 Å². The number of likely N-dealkylation sites (N-methyl/N-ethyl adjacent to an activating group) is 1. The molecule has 1 heterocycles. The first-order valence-electron chi connectivity index (χ1n) is 7.96. The van der Waals surface area contributed by atoms with Gasteiger partial charge in [0.05, 0.1) is 13.2 Å². The lowest BCUT2D eigenvalue weighted by molar-refractivity contribution is 0.207. The van der Waals surface area contributed by atoms with Crippen molar-refractivity contribution in [2.45, 2.75) is 45.8 Å². The van der Waals surface area contributed by atoms with E-state index in [-0.39, 0.29) is 12.1 Å². The Balaban J connectivity index is 2.38. The predicted octanol–water partition coefficient (Wildman–Crippen LogP) is 2.75. The molecule has 1 aromatic rings. The van der Waals surface area contributed by atoms with Gasteiger partial charge in [-0.1, -0.05) is 13.8 Å². The quantitative estimate of drug-likeness (QED) is 0.839. The van der Waals surface area contributed by atoms with Gasteiger partial charge in [-0.25, -0.2) is 0 Å². The summed E-state index contributed by atoms with van der Waals surface area (Å²) < 4.78 is 11.5. The fourth-order valence-corrected chi connectivity index (χ4v) is 3.19. The lowest BCUT2D eigenvalue weighted by Gasteiger charge is -2.31. The number of methoxy groups -OCH3 is 1. The van der Waals surface area contributed by atoms with E-state index in [0.29, 0.717) is 6.54 Å². The zero-order valence-electron chi connectivity index (χ0n) is 13.7. The maximum absolute atomic E-state index is 6.07. The van der Waals surface area contributed by atoms with Gasteiger partial charge in [-0.3, -0.25) is 4.90 Å². The Hall–Kier alpha value is -1.26. The average Bonchev–Trinajstić information content (AvgIpc) is 2.85. The van der Waals surface area contributed by atoms with Crippen LogP contribution in [0.5, 0.6) is 11.5 Å². The molecule has 0 amide bonds. The molecule has 1 aliphatic heterocycles. The molecule has 0 aliphatic carbocycles. The van der Waals surface area contributed by atoms with Gasteiger partial charge < -0.3 is 15.2 Å². The maximum Gasteiger partial charge on any atom is 0.124 e. The van der Waals surface area contributed by atoms with Crippen LogP contribution < -0.4 is 15.2 Å². The molecule has 2 N–H and O–H groups in total. The van der Waals surface area contributed by atoms with Gasteiger partial charge in [0.15, 0.2) is 0 Å². The van der Waals surface area contributed by atoms with Crippen molar-refractivity contribution >= 4 is 0 Å². The molecule has 4 heteroatoms. The normalized spacial score (nSPS) is 18.5. The molecule has 2 unspecified atom stereocenters. The van der Waals surface area contributed by atoms with Gasteiger partial charge in [-0.2, -0.15) is 0 Å². The molecule has 4 nitrogen and oxygen atoms in total. The summed E-state index contributed by atoms with van der Waals surface area (Å²) in [7, 11) is 1.73. The summed E-state index contributed by atoms with van der Waals surface area (Å²) in [4.78, 5) is 2.41. The van der Waals surface area contributed by atoms with Gasteiger partial charge in [0.2, 0.25) is 0 Å². The second kappa shape index (κ2) is 7.14. The van der Waals surface area contributed by atoms with Gasteiger partial charge >= 0.3 is 0 Å². The van der Waals surface area contributed by atoms with Crippen molar-refractivity contribution in [3.8, 4) is 11.5 Å². The topological polar surface area (TPSA) is 47.7 Å². The first-order chi connectivity index (χ1) is 10.1. The van der Waals surface area contributed by atoms with E-state index in [1.807, 2.05) is 0 Å². The molecular formula is C17H28N2O2. The van der Waals surface area contributed by atoms with Crippen LogP contribution in [0.2, 0.25) is 0 Å². The molecule has 0 aromatic heterocycles. The minimum absolute atomic E-state index is 0.176. The Morgan fingerprint density at radius 3 is 2.76 bits per heavy atom. The smallest absolute Gasteiger partial charge is 0.124 e. The lowest BCUT2D eigenvalue weighted by atomic mass is 9.99. The SMILES string of the molecule is CCCN(CC)C(CN)c1cc2c(cc1OC)CC(C)O2. The zero-order valence-corrected chi connectivity index (χ0v) is 13.7. The molecule has 0 saturated heterocycles. The van der Waals surface area contributed by atoms with E-state index in [4.69, 9.17) is 15.2 Å². The van der Waals surface area contributed by atoms with Crippen molar-refractivity contribution in [2.75, 3.05) is 26.7 Å². The first kappa shape index (κ1) is 16.1. The van der Waals surface area contributed by atoms with Crippen molar-refractivity contribution in [3.05, 3.63) is 23.3 Å². The highest BCUT2D eigenvalue weighted by Gasteiger charge is 2.26. The molecule has 0 radical (unpaired) electrons. The molecule has 0 bridgehead atoms. The van der Waals surface area contributed by atoms with Crippen molar-refractivity contribution in [2.24, 2.45) is 5.73 Å². The van der Waals surface area contributed by atoms with Crippen molar-refractivity contribution in [1.82, 2.24) is 4.90 Å². The van der Waals surface area contributed by atoms with Crippen LogP contribution in [0, 0.1) is 0 Å². The van der Waals surface area contributed by atoms with Crippen molar-refractivity contribution in [1.29, 1.82) is 0 Å². The first-order valence-corrected chi connectivity index (χ1v) is 7.96. The van der Waals surface area contributed by atoms with E-state index >= 15 is 0 Å². The van der Waals surface area contributed by atoms with Gasteiger partial charge in [-0.15, -0.1) is 0 Å². The fraction of sp³-hybridized carbons (Fsp3) is 0.647. The van der Waals surface area contributed by atoms with Gasteiger partial charge in [0.25, 0.3) is 0 Å². The standard InChI is InChI=1S/C17H28N2O2/c1-5-7-19(6-2)15(11-18)14-10-16-13(8-12(3)21-16)9-17(14)20-4/h9-10,12,15H,5-8,11,18H2,1-4H3. The summed E-state index contributed by atoms with van der Waals surface area (Å²) in [5.74, 6) is 1.92. The summed E-state index contributed by atoms with van der Waals surface area (Å²) in [6, 6.07) is 4.43. The third-order valence-corrected chi connectivity index (χ3v) is 4.19. The maximum atomic E-state index is 6.07. The molecule has 118 valence electrons. The predicted molar refractivity (Wildman–Crippen MR) is 86.1 cm³/mol. The summed E-state index contributed by atoms with van der Waals surface area (Å²) >= 11 is 0. The monoisotopic (exact) mass is 292 g/mol. The van der Waals surface area contributed by atoms with Crippen molar-refractivity contribution in [3.63, 3.8) is 0 Å². The third-order valence-electron chi connectivity index (χ3n) is 4.19. The molecule has 21 heavy (non-hydrogen) atoms. The molecule has 0 spiro atoms. The van der Waals surface area contributed by atoms with E-state index in [0.717, 1.165) is 43.0 Å². The zero-order chi connectivity index (χ0) is 15.4. The van der Waals surface area contributed by atoms with Crippen LogP contribution >= 0.6 is 0 Å². The van der Waals surface area contributed by atoms with E-state index in [1.54, 1.807) is 7.11 Å². The molecule has 0 fully saturated rings. The molecule has 2 rings (SSSR count). The number of hydrogen-bond acceptors (Lipinski definition) is 4. The number of nitrogens with two attached hydrogens (primary N) is 1. The summed E-state index contributed by atoms with van der Waals surface area (Å²) in [6.45, 7) is 9.07. The average molecular weight is 292 g/mol. The minimum Gasteiger partial charge on any atom is -0.496 e. The molecule has 0 saturated carbocycles. The number of ether oxygens (including phenoxy) is 2. The summed E-state index contributed by atoms with van der Waals surface area (Å²) in [6.07, 6.45) is 2.31. The summed E-state index contributed by atoms with van der Waals surface area (Å²) in [5, 5.41) is 0. The highest BCUT2D eigenvalue weighted by Crippen LogP contribution is 2.38. The number of benzene rings is 1. The van der Waals surface area contributed by atoms with Crippen molar-refractivity contribution < 1.29 is 9.47 Å².